The molecule has 2 aromatic carbocycles. The molecule has 0 radical (unpaired) electrons. The summed E-state index contributed by atoms with van der Waals surface area (Å²) in [5, 5.41) is 0.866. The predicted molar refractivity (Wildman–Crippen MR) is 102 cm³/mol. The Morgan fingerprint density at radius 1 is 1.08 bits per heavy atom. The Kier molecular flexibility index (Phi) is 4.23. The highest BCUT2D eigenvalue weighted by Gasteiger charge is 2.13. The van der Waals surface area contributed by atoms with Crippen LogP contribution in [0.1, 0.15) is 15.9 Å². The molecule has 4 nitrogen and oxygen atoms in total. The lowest BCUT2D eigenvalue weighted by molar-refractivity contribution is 0.112. The number of carbonyl (C=O) groups excluding carboxylic acids is 1. The Bertz CT molecular complexity index is 1070. The minimum atomic E-state index is 0.515. The monoisotopic (exact) mass is 342 g/mol. The molecule has 4 heteroatoms. The SMILES string of the molecule is Cn1cc(C=O)c2c(-c3cccc(OCc4ccccc4)c3)ccnc21. The zero-order chi connectivity index (χ0) is 17.9. The van der Waals surface area contributed by atoms with E-state index in [9.17, 15) is 4.79 Å². The molecule has 0 unspecified atom stereocenters. The summed E-state index contributed by atoms with van der Waals surface area (Å²) in [6.45, 7) is 0.515. The van der Waals surface area contributed by atoms with Crippen LogP contribution in [0.2, 0.25) is 0 Å². The van der Waals surface area contributed by atoms with Crippen molar-refractivity contribution in [2.75, 3.05) is 0 Å². The molecule has 0 fully saturated rings. The predicted octanol–water partition coefficient (Wildman–Crippen LogP) is 4.63. The molecule has 0 bridgehead atoms. The van der Waals surface area contributed by atoms with Crippen LogP contribution in [0.15, 0.2) is 73.1 Å². The highest BCUT2D eigenvalue weighted by atomic mass is 16.5. The number of hydrogen-bond donors (Lipinski definition) is 0. The maximum atomic E-state index is 11.5. The number of carbonyl (C=O) groups is 1. The van der Waals surface area contributed by atoms with Gasteiger partial charge in [0.2, 0.25) is 0 Å². The summed E-state index contributed by atoms with van der Waals surface area (Å²) in [7, 11) is 1.89. The molecule has 0 aliphatic rings. The molecule has 2 heterocycles. The van der Waals surface area contributed by atoms with Gasteiger partial charge in [0, 0.05) is 30.4 Å². The number of hydrogen-bond acceptors (Lipinski definition) is 3. The first-order chi connectivity index (χ1) is 12.8. The van der Waals surface area contributed by atoms with E-state index in [2.05, 4.69) is 4.98 Å². The molecular weight excluding hydrogens is 324 g/mol. The van der Waals surface area contributed by atoms with E-state index in [0.29, 0.717) is 12.2 Å². The lowest BCUT2D eigenvalue weighted by Crippen LogP contribution is -1.95. The maximum Gasteiger partial charge on any atom is 0.152 e. The van der Waals surface area contributed by atoms with E-state index in [4.69, 9.17) is 4.74 Å². The fourth-order valence-electron chi connectivity index (χ4n) is 3.16. The minimum Gasteiger partial charge on any atom is -0.489 e. The normalized spacial score (nSPS) is 10.8. The van der Waals surface area contributed by atoms with Gasteiger partial charge >= 0.3 is 0 Å². The van der Waals surface area contributed by atoms with Gasteiger partial charge in [0.25, 0.3) is 0 Å². The average Bonchev–Trinajstić information content (AvgIpc) is 3.03. The van der Waals surface area contributed by atoms with E-state index in [0.717, 1.165) is 39.8 Å². The van der Waals surface area contributed by atoms with Gasteiger partial charge in [-0.25, -0.2) is 4.98 Å². The standard InChI is InChI=1S/C22H18N2O2/c1-24-13-18(14-25)21-20(10-11-23-22(21)24)17-8-5-9-19(12-17)26-15-16-6-3-2-4-7-16/h2-14H,15H2,1H3. The molecule has 26 heavy (non-hydrogen) atoms. The van der Waals surface area contributed by atoms with Crippen LogP contribution >= 0.6 is 0 Å². The number of aryl methyl sites for hydroxylation is 1. The lowest BCUT2D eigenvalue weighted by atomic mass is 10.0. The summed E-state index contributed by atoms with van der Waals surface area (Å²) in [4.78, 5) is 15.9. The largest absolute Gasteiger partial charge is 0.489 e. The van der Waals surface area contributed by atoms with Crippen LogP contribution in [0.25, 0.3) is 22.2 Å². The number of fused-ring (bicyclic) bond motifs is 1. The van der Waals surface area contributed by atoms with E-state index in [-0.39, 0.29) is 0 Å². The van der Waals surface area contributed by atoms with Gasteiger partial charge in [-0.3, -0.25) is 4.79 Å². The van der Waals surface area contributed by atoms with Gasteiger partial charge in [0.05, 0.1) is 0 Å². The van der Waals surface area contributed by atoms with Gasteiger partial charge in [0.15, 0.2) is 6.29 Å². The second-order valence-electron chi connectivity index (χ2n) is 6.17. The van der Waals surface area contributed by atoms with Crippen molar-refractivity contribution in [1.82, 2.24) is 9.55 Å². The Balaban J connectivity index is 1.71. The van der Waals surface area contributed by atoms with Gasteiger partial charge in [-0.2, -0.15) is 0 Å². The molecule has 0 amide bonds. The first-order valence-corrected chi connectivity index (χ1v) is 8.42. The second kappa shape index (κ2) is 6.84. The first kappa shape index (κ1) is 16.1. The molecule has 2 aromatic heterocycles. The smallest absolute Gasteiger partial charge is 0.152 e. The fraction of sp³-hybridized carbons (Fsp3) is 0.0909. The van der Waals surface area contributed by atoms with Crippen LogP contribution in [-0.2, 0) is 13.7 Å². The van der Waals surface area contributed by atoms with Gasteiger partial charge in [0.1, 0.15) is 18.0 Å². The fourth-order valence-corrected chi connectivity index (χ4v) is 3.16. The third-order valence-corrected chi connectivity index (χ3v) is 4.41. The van der Waals surface area contributed by atoms with Gasteiger partial charge < -0.3 is 9.30 Å². The molecule has 4 aromatic rings. The summed E-state index contributed by atoms with van der Waals surface area (Å²) in [5.41, 5.74) is 4.53. The number of rotatable bonds is 5. The van der Waals surface area contributed by atoms with Crippen molar-refractivity contribution in [2.24, 2.45) is 7.05 Å². The van der Waals surface area contributed by atoms with E-state index < -0.39 is 0 Å². The third-order valence-electron chi connectivity index (χ3n) is 4.41. The van der Waals surface area contributed by atoms with E-state index >= 15 is 0 Å². The maximum absolute atomic E-state index is 11.5. The van der Waals surface area contributed by atoms with Crippen LogP contribution in [0.3, 0.4) is 0 Å². The van der Waals surface area contributed by atoms with Crippen molar-refractivity contribution in [3.8, 4) is 16.9 Å². The number of aldehydes is 1. The summed E-state index contributed by atoms with van der Waals surface area (Å²) in [6.07, 6.45) is 4.46. The van der Waals surface area contributed by atoms with Crippen LogP contribution in [0.4, 0.5) is 0 Å². The second-order valence-corrected chi connectivity index (χ2v) is 6.17. The average molecular weight is 342 g/mol. The molecule has 0 N–H and O–H groups in total. The van der Waals surface area contributed by atoms with Crippen molar-refractivity contribution in [3.63, 3.8) is 0 Å². The molecule has 0 aliphatic carbocycles. The van der Waals surface area contributed by atoms with E-state index in [1.165, 1.54) is 0 Å². The minimum absolute atomic E-state index is 0.515. The number of aromatic nitrogens is 2. The number of benzene rings is 2. The zero-order valence-electron chi connectivity index (χ0n) is 14.4. The van der Waals surface area contributed by atoms with Gasteiger partial charge in [-0.05, 0) is 34.9 Å². The molecular formula is C22H18N2O2. The molecule has 0 spiro atoms. The van der Waals surface area contributed by atoms with E-state index in [1.54, 1.807) is 6.20 Å². The highest BCUT2D eigenvalue weighted by molar-refractivity contribution is 6.04. The topological polar surface area (TPSA) is 44.1 Å². The number of nitrogens with zero attached hydrogens (tertiary/aromatic N) is 2. The van der Waals surface area contributed by atoms with Crippen LogP contribution in [0.5, 0.6) is 5.75 Å². The third kappa shape index (κ3) is 2.97. The molecule has 0 saturated carbocycles. The Labute approximate surface area is 151 Å². The molecule has 0 saturated heterocycles. The van der Waals surface area contributed by atoms with Crippen molar-refractivity contribution in [3.05, 3.63) is 84.2 Å². The van der Waals surface area contributed by atoms with Gasteiger partial charge in [-0.1, -0.05) is 42.5 Å². The number of pyridine rings is 1. The lowest BCUT2D eigenvalue weighted by Gasteiger charge is -2.09. The molecule has 4 rings (SSSR count). The molecule has 128 valence electrons. The summed E-state index contributed by atoms with van der Waals surface area (Å²) >= 11 is 0. The van der Waals surface area contributed by atoms with Crippen molar-refractivity contribution in [1.29, 1.82) is 0 Å². The van der Waals surface area contributed by atoms with Crippen molar-refractivity contribution >= 4 is 17.3 Å². The van der Waals surface area contributed by atoms with Gasteiger partial charge in [-0.15, -0.1) is 0 Å². The number of ether oxygens (including phenoxy) is 1. The zero-order valence-corrected chi connectivity index (χ0v) is 14.4. The summed E-state index contributed by atoms with van der Waals surface area (Å²) in [6, 6.07) is 19.9. The van der Waals surface area contributed by atoms with Crippen molar-refractivity contribution < 1.29 is 9.53 Å². The summed E-state index contributed by atoms with van der Waals surface area (Å²) in [5.74, 6) is 0.792. The van der Waals surface area contributed by atoms with Crippen LogP contribution in [-0.4, -0.2) is 15.8 Å². The summed E-state index contributed by atoms with van der Waals surface area (Å²) < 4.78 is 7.81. The Morgan fingerprint density at radius 2 is 1.92 bits per heavy atom. The van der Waals surface area contributed by atoms with Crippen molar-refractivity contribution in [2.45, 2.75) is 6.61 Å². The Morgan fingerprint density at radius 3 is 2.73 bits per heavy atom. The molecule has 0 aliphatic heterocycles. The highest BCUT2D eigenvalue weighted by Crippen LogP contribution is 2.32. The van der Waals surface area contributed by atoms with Crippen LogP contribution < -0.4 is 4.74 Å². The quantitative estimate of drug-likeness (QED) is 0.497. The Hall–Kier alpha value is -3.40. The van der Waals surface area contributed by atoms with E-state index in [1.807, 2.05) is 78.5 Å². The first-order valence-electron chi connectivity index (χ1n) is 8.42. The van der Waals surface area contributed by atoms with Crippen LogP contribution in [0, 0.1) is 0 Å². The molecule has 0 atom stereocenters.